The SMILES string of the molecule is Cc1cc(N2CCN(C(=O)OC(C)(C)C)CC2)nn1-c1ccc(F)c(C=O)c1. The van der Waals surface area contributed by atoms with Crippen molar-refractivity contribution in [1.82, 2.24) is 14.7 Å². The third-order valence-corrected chi connectivity index (χ3v) is 4.48. The van der Waals surface area contributed by atoms with Gasteiger partial charge in [-0.3, -0.25) is 4.79 Å². The van der Waals surface area contributed by atoms with Gasteiger partial charge in [-0.2, -0.15) is 5.10 Å². The predicted octanol–water partition coefficient (Wildman–Crippen LogP) is 3.19. The molecule has 0 bridgehead atoms. The molecular formula is C20H25FN4O3. The highest BCUT2D eigenvalue weighted by Gasteiger charge is 2.27. The molecule has 0 spiro atoms. The smallest absolute Gasteiger partial charge is 0.410 e. The number of anilines is 1. The third-order valence-electron chi connectivity index (χ3n) is 4.48. The average Bonchev–Trinajstić information content (AvgIpc) is 3.02. The zero-order chi connectivity index (χ0) is 20.5. The minimum Gasteiger partial charge on any atom is -0.444 e. The summed E-state index contributed by atoms with van der Waals surface area (Å²) in [6.07, 6.45) is 0.190. The zero-order valence-corrected chi connectivity index (χ0v) is 16.6. The molecule has 1 aliphatic heterocycles. The summed E-state index contributed by atoms with van der Waals surface area (Å²) in [6, 6.07) is 6.27. The van der Waals surface area contributed by atoms with Crippen LogP contribution in [0.3, 0.4) is 0 Å². The van der Waals surface area contributed by atoms with Crippen LogP contribution in [-0.4, -0.2) is 58.8 Å². The van der Waals surface area contributed by atoms with Gasteiger partial charge < -0.3 is 14.5 Å². The van der Waals surface area contributed by atoms with Crippen molar-refractivity contribution in [2.24, 2.45) is 0 Å². The highest BCUT2D eigenvalue weighted by molar-refractivity contribution is 5.76. The highest BCUT2D eigenvalue weighted by atomic mass is 19.1. The van der Waals surface area contributed by atoms with E-state index < -0.39 is 11.4 Å². The Morgan fingerprint density at radius 1 is 1.18 bits per heavy atom. The second-order valence-electron chi connectivity index (χ2n) is 7.83. The van der Waals surface area contributed by atoms with E-state index >= 15 is 0 Å². The number of aryl methyl sites for hydroxylation is 1. The Labute approximate surface area is 163 Å². The first kappa shape index (κ1) is 19.9. The quantitative estimate of drug-likeness (QED) is 0.756. The summed E-state index contributed by atoms with van der Waals surface area (Å²) in [6.45, 7) is 9.82. The van der Waals surface area contributed by atoms with E-state index in [2.05, 4.69) is 10.00 Å². The number of halogens is 1. The number of benzene rings is 1. The number of rotatable bonds is 3. The summed E-state index contributed by atoms with van der Waals surface area (Å²) in [4.78, 5) is 27.0. The fourth-order valence-corrected chi connectivity index (χ4v) is 3.07. The Morgan fingerprint density at radius 3 is 2.46 bits per heavy atom. The number of nitrogens with zero attached hydrogens (tertiary/aromatic N) is 4. The first-order valence-corrected chi connectivity index (χ1v) is 9.22. The molecule has 1 saturated heterocycles. The van der Waals surface area contributed by atoms with E-state index in [0.29, 0.717) is 38.2 Å². The number of aldehydes is 1. The molecule has 7 nitrogen and oxygen atoms in total. The molecule has 1 aliphatic rings. The fourth-order valence-electron chi connectivity index (χ4n) is 3.07. The molecule has 8 heteroatoms. The van der Waals surface area contributed by atoms with Gasteiger partial charge in [0, 0.05) is 37.9 Å². The van der Waals surface area contributed by atoms with Gasteiger partial charge in [0.25, 0.3) is 0 Å². The van der Waals surface area contributed by atoms with Crippen LogP contribution in [-0.2, 0) is 4.74 Å². The van der Waals surface area contributed by atoms with E-state index in [1.54, 1.807) is 15.6 Å². The normalized spacial score (nSPS) is 14.9. The Hall–Kier alpha value is -2.90. The zero-order valence-electron chi connectivity index (χ0n) is 16.6. The van der Waals surface area contributed by atoms with Crippen molar-refractivity contribution < 1.29 is 18.7 Å². The minimum atomic E-state index is -0.554. The van der Waals surface area contributed by atoms with Crippen molar-refractivity contribution in [3.8, 4) is 5.69 Å². The van der Waals surface area contributed by atoms with E-state index in [4.69, 9.17) is 4.74 Å². The second kappa shape index (κ2) is 7.61. The number of ether oxygens (including phenoxy) is 1. The molecule has 1 aromatic heterocycles. The van der Waals surface area contributed by atoms with Crippen LogP contribution < -0.4 is 4.90 Å². The molecule has 0 N–H and O–H groups in total. The molecule has 1 aromatic carbocycles. The molecule has 1 amide bonds. The van der Waals surface area contributed by atoms with E-state index in [9.17, 15) is 14.0 Å². The van der Waals surface area contributed by atoms with Crippen molar-refractivity contribution in [2.45, 2.75) is 33.3 Å². The van der Waals surface area contributed by atoms with Crippen LogP contribution in [0.2, 0.25) is 0 Å². The molecule has 0 atom stereocenters. The van der Waals surface area contributed by atoms with Crippen LogP contribution in [0.5, 0.6) is 0 Å². The van der Waals surface area contributed by atoms with E-state index in [1.807, 2.05) is 33.8 Å². The number of hydrogen-bond acceptors (Lipinski definition) is 5. The number of piperazine rings is 1. The molecule has 0 radical (unpaired) electrons. The molecule has 0 saturated carbocycles. The minimum absolute atomic E-state index is 0.0000694. The second-order valence-corrected chi connectivity index (χ2v) is 7.83. The van der Waals surface area contributed by atoms with Gasteiger partial charge in [-0.25, -0.2) is 13.9 Å². The van der Waals surface area contributed by atoms with Crippen molar-refractivity contribution in [1.29, 1.82) is 0 Å². The maximum absolute atomic E-state index is 13.6. The van der Waals surface area contributed by atoms with Crippen molar-refractivity contribution in [2.75, 3.05) is 31.1 Å². The van der Waals surface area contributed by atoms with Crippen molar-refractivity contribution >= 4 is 18.2 Å². The Kier molecular flexibility index (Phi) is 5.40. The molecule has 3 rings (SSSR count). The monoisotopic (exact) mass is 388 g/mol. The van der Waals surface area contributed by atoms with E-state index in [1.165, 1.54) is 12.1 Å². The van der Waals surface area contributed by atoms with Crippen molar-refractivity contribution in [3.63, 3.8) is 0 Å². The summed E-state index contributed by atoms with van der Waals surface area (Å²) < 4.78 is 20.7. The van der Waals surface area contributed by atoms with Crippen LogP contribution in [0.25, 0.3) is 5.69 Å². The van der Waals surface area contributed by atoms with Crippen LogP contribution in [0, 0.1) is 12.7 Å². The molecule has 0 aliphatic carbocycles. The number of amides is 1. The van der Waals surface area contributed by atoms with Gasteiger partial charge in [-0.05, 0) is 45.9 Å². The van der Waals surface area contributed by atoms with Crippen LogP contribution >= 0.6 is 0 Å². The number of aromatic nitrogens is 2. The van der Waals surface area contributed by atoms with E-state index in [0.717, 1.165) is 11.5 Å². The van der Waals surface area contributed by atoms with Gasteiger partial charge >= 0.3 is 6.09 Å². The van der Waals surface area contributed by atoms with Gasteiger partial charge in [-0.1, -0.05) is 0 Å². The lowest BCUT2D eigenvalue weighted by molar-refractivity contribution is 0.0240. The molecule has 150 valence electrons. The average molecular weight is 388 g/mol. The lowest BCUT2D eigenvalue weighted by atomic mass is 10.2. The van der Waals surface area contributed by atoms with Gasteiger partial charge in [0.15, 0.2) is 12.1 Å². The van der Waals surface area contributed by atoms with Crippen LogP contribution in [0.15, 0.2) is 24.3 Å². The summed E-state index contributed by atoms with van der Waals surface area (Å²) in [5, 5.41) is 4.61. The molecule has 2 heterocycles. The summed E-state index contributed by atoms with van der Waals surface area (Å²) in [5.74, 6) is 0.223. The lowest BCUT2D eigenvalue weighted by Gasteiger charge is -2.35. The van der Waals surface area contributed by atoms with Gasteiger partial charge in [0.05, 0.1) is 11.3 Å². The Bertz CT molecular complexity index is 880. The molecule has 0 unspecified atom stereocenters. The third kappa shape index (κ3) is 4.32. The van der Waals surface area contributed by atoms with Gasteiger partial charge in [-0.15, -0.1) is 0 Å². The lowest BCUT2D eigenvalue weighted by Crippen LogP contribution is -2.50. The first-order chi connectivity index (χ1) is 13.2. The molecule has 28 heavy (non-hydrogen) atoms. The molecule has 1 fully saturated rings. The van der Waals surface area contributed by atoms with Gasteiger partial charge in [0.1, 0.15) is 11.4 Å². The summed E-state index contributed by atoms with van der Waals surface area (Å²) >= 11 is 0. The molecular weight excluding hydrogens is 363 g/mol. The number of hydrogen-bond donors (Lipinski definition) is 0. The van der Waals surface area contributed by atoms with Crippen LogP contribution in [0.1, 0.15) is 36.8 Å². The summed E-state index contributed by atoms with van der Waals surface area (Å²) in [7, 11) is 0. The highest BCUT2D eigenvalue weighted by Crippen LogP contribution is 2.21. The largest absolute Gasteiger partial charge is 0.444 e. The Balaban J connectivity index is 1.71. The standard InChI is InChI=1S/C20H25FN4O3/c1-14-11-18(22-25(14)16-5-6-17(21)15(12-16)13-26)23-7-9-24(10-8-23)19(27)28-20(2,3)4/h5-6,11-13H,7-10H2,1-4H3. The van der Waals surface area contributed by atoms with Crippen LogP contribution in [0.4, 0.5) is 15.0 Å². The predicted molar refractivity (Wildman–Crippen MR) is 104 cm³/mol. The number of carbonyl (C=O) groups is 2. The summed E-state index contributed by atoms with van der Waals surface area (Å²) in [5.41, 5.74) is 0.979. The van der Waals surface area contributed by atoms with Gasteiger partial charge in [0.2, 0.25) is 0 Å². The molecule has 2 aromatic rings. The maximum Gasteiger partial charge on any atom is 0.410 e. The van der Waals surface area contributed by atoms with E-state index in [-0.39, 0.29) is 11.7 Å². The first-order valence-electron chi connectivity index (χ1n) is 9.22. The Morgan fingerprint density at radius 2 is 1.86 bits per heavy atom. The fraction of sp³-hybridized carbons (Fsp3) is 0.450. The topological polar surface area (TPSA) is 67.7 Å². The van der Waals surface area contributed by atoms with Crippen molar-refractivity contribution in [3.05, 3.63) is 41.3 Å². The maximum atomic E-state index is 13.6. The number of carbonyl (C=O) groups excluding carboxylic acids is 2.